The van der Waals surface area contributed by atoms with Crippen molar-refractivity contribution in [3.8, 4) is 0 Å². The summed E-state index contributed by atoms with van der Waals surface area (Å²) in [5.74, 6) is 0. The summed E-state index contributed by atoms with van der Waals surface area (Å²) in [6.07, 6.45) is 0. The zero-order valence-electron chi connectivity index (χ0n) is 25.2. The Balaban J connectivity index is 1.29. The van der Waals surface area contributed by atoms with Gasteiger partial charge >= 0.3 is 292 Å². The average molecular weight is 753 g/mol. The van der Waals surface area contributed by atoms with Crippen LogP contribution < -0.4 is 9.80 Å². The molecule has 0 spiro atoms. The van der Waals surface area contributed by atoms with E-state index < -0.39 is 0 Å². The third-order valence-electron chi connectivity index (χ3n) is 8.66. The normalized spacial score (nSPS) is 11.5. The topological polar surface area (TPSA) is 6.48 Å². The molecule has 0 aliphatic carbocycles. The van der Waals surface area contributed by atoms with Crippen molar-refractivity contribution in [2.75, 3.05) is 9.80 Å². The van der Waals surface area contributed by atoms with Crippen molar-refractivity contribution in [3.05, 3.63) is 169 Å². The van der Waals surface area contributed by atoms with E-state index in [0.717, 1.165) is 22.7 Å². The second-order valence-electron chi connectivity index (χ2n) is 11.5. The van der Waals surface area contributed by atoms with Crippen LogP contribution in [0.5, 0.6) is 0 Å². The van der Waals surface area contributed by atoms with E-state index in [0.29, 0.717) is 5.02 Å². The van der Waals surface area contributed by atoms with Crippen LogP contribution in [-0.4, -0.2) is 29.0 Å². The quantitative estimate of drug-likeness (QED) is 0.156. The van der Waals surface area contributed by atoms with E-state index in [2.05, 4.69) is 174 Å². The van der Waals surface area contributed by atoms with Crippen molar-refractivity contribution in [1.29, 1.82) is 0 Å². The molecule has 0 saturated carbocycles. The monoisotopic (exact) mass is 754 g/mol. The summed E-state index contributed by atoms with van der Waals surface area (Å²) in [5.41, 5.74) is 6.66. The summed E-state index contributed by atoms with van der Waals surface area (Å²) < 4.78 is 5.65. The number of hydrogen-bond acceptors (Lipinski definition) is 2. The molecule has 0 aliphatic heterocycles. The number of rotatable bonds is 6. The molecule has 47 heavy (non-hydrogen) atoms. The third kappa shape index (κ3) is 5.02. The predicted molar refractivity (Wildman–Crippen MR) is 205 cm³/mol. The van der Waals surface area contributed by atoms with Crippen molar-refractivity contribution in [1.82, 2.24) is 0 Å². The molecule has 2 nitrogen and oxygen atoms in total. The van der Waals surface area contributed by atoms with Crippen LogP contribution in [0.25, 0.3) is 38.6 Å². The summed E-state index contributed by atoms with van der Waals surface area (Å²) in [7, 11) is 0. The molecule has 5 heteroatoms. The number of hydrogen-bond donors (Lipinski definition) is 0. The van der Waals surface area contributed by atoms with Gasteiger partial charge in [0, 0.05) is 0 Å². The van der Waals surface area contributed by atoms with E-state index in [1.54, 1.807) is 0 Å². The Hall–Kier alpha value is -4.53. The molecular weight excluding hydrogens is 726 g/mol. The molecule has 0 radical (unpaired) electrons. The second kappa shape index (κ2) is 11.9. The van der Waals surface area contributed by atoms with E-state index in [9.17, 15) is 0 Å². The number of benzene rings is 7. The van der Waals surface area contributed by atoms with Crippen molar-refractivity contribution >= 4 is 113 Å². The zero-order chi connectivity index (χ0) is 31.3. The van der Waals surface area contributed by atoms with E-state index in [1.807, 2.05) is 0 Å². The predicted octanol–water partition coefficient (Wildman–Crippen LogP) is 12.0. The molecular formula is C42H27ClN2Se2. The molecule has 2 heterocycles. The standard InChI is InChI=1S/C42H27ClN2Se2/c43-28-25-31(44(29-13-3-1-4-14-29)37-21-11-19-35-33-17-7-9-23-39(33)46-41(35)37)27-32(26-28)45(30-15-5-2-6-16-30)38-22-12-20-36-34-18-8-10-24-40(34)47-42(36)38/h1-27H. The second-order valence-corrected chi connectivity index (χ2v) is 16.4. The van der Waals surface area contributed by atoms with Gasteiger partial charge in [-0.3, -0.25) is 0 Å². The maximum absolute atomic E-state index is 7.12. The third-order valence-corrected chi connectivity index (χ3v) is 14.0. The Morgan fingerprint density at radius 2 is 0.766 bits per heavy atom. The van der Waals surface area contributed by atoms with Gasteiger partial charge in [0.2, 0.25) is 0 Å². The van der Waals surface area contributed by atoms with Crippen molar-refractivity contribution in [2.24, 2.45) is 0 Å². The van der Waals surface area contributed by atoms with Crippen LogP contribution in [0.15, 0.2) is 164 Å². The molecule has 2 aromatic heterocycles. The van der Waals surface area contributed by atoms with Crippen LogP contribution in [0.2, 0.25) is 5.02 Å². The first-order valence-electron chi connectivity index (χ1n) is 15.5. The molecule has 0 unspecified atom stereocenters. The molecule has 0 aliphatic rings. The van der Waals surface area contributed by atoms with Crippen LogP contribution in [0.3, 0.4) is 0 Å². The van der Waals surface area contributed by atoms with E-state index in [1.165, 1.54) is 50.0 Å². The van der Waals surface area contributed by atoms with Crippen molar-refractivity contribution < 1.29 is 0 Å². The minimum atomic E-state index is 0.189. The Labute approximate surface area is 290 Å². The van der Waals surface area contributed by atoms with Crippen LogP contribution in [-0.2, 0) is 0 Å². The van der Waals surface area contributed by atoms with E-state index in [4.69, 9.17) is 11.6 Å². The average Bonchev–Trinajstić information content (AvgIpc) is 3.69. The number of para-hydroxylation sites is 2. The van der Waals surface area contributed by atoms with Gasteiger partial charge in [0.15, 0.2) is 0 Å². The van der Waals surface area contributed by atoms with Gasteiger partial charge in [-0.05, 0) is 0 Å². The molecule has 9 aromatic rings. The van der Waals surface area contributed by atoms with Crippen molar-refractivity contribution in [2.45, 2.75) is 0 Å². The summed E-state index contributed by atoms with van der Waals surface area (Å²) in [6.45, 7) is 0. The van der Waals surface area contributed by atoms with Crippen LogP contribution in [0, 0.1) is 0 Å². The maximum atomic E-state index is 7.12. The van der Waals surface area contributed by atoms with Gasteiger partial charge in [0.05, 0.1) is 0 Å². The fraction of sp³-hybridized carbons (Fsp3) is 0. The van der Waals surface area contributed by atoms with Crippen LogP contribution in [0.1, 0.15) is 0 Å². The van der Waals surface area contributed by atoms with Gasteiger partial charge in [-0.2, -0.15) is 0 Å². The van der Waals surface area contributed by atoms with Crippen LogP contribution >= 0.6 is 11.6 Å². The first kappa shape index (κ1) is 28.7. The summed E-state index contributed by atoms with van der Waals surface area (Å²) in [6, 6.07) is 59.0. The van der Waals surface area contributed by atoms with Gasteiger partial charge < -0.3 is 0 Å². The zero-order valence-corrected chi connectivity index (χ0v) is 29.4. The van der Waals surface area contributed by atoms with Gasteiger partial charge in [-0.25, -0.2) is 0 Å². The summed E-state index contributed by atoms with van der Waals surface area (Å²) in [5, 5.41) is 6.05. The molecule has 0 amide bonds. The molecule has 9 rings (SSSR count). The SMILES string of the molecule is Clc1cc(N(c2ccccc2)c2cccc3c2[se]c2ccccc23)cc(N(c2ccccc2)c2cccc3c2[se]c2ccccc23)c1. The van der Waals surface area contributed by atoms with Crippen molar-refractivity contribution in [3.63, 3.8) is 0 Å². The van der Waals surface area contributed by atoms with Gasteiger partial charge in [-0.1, -0.05) is 0 Å². The molecule has 0 atom stereocenters. The minimum absolute atomic E-state index is 0.189. The Morgan fingerprint density at radius 1 is 0.362 bits per heavy atom. The number of halogens is 1. The number of anilines is 6. The Morgan fingerprint density at radius 3 is 1.23 bits per heavy atom. The van der Waals surface area contributed by atoms with Gasteiger partial charge in [0.1, 0.15) is 0 Å². The van der Waals surface area contributed by atoms with E-state index in [-0.39, 0.29) is 29.0 Å². The molecule has 0 fully saturated rings. The van der Waals surface area contributed by atoms with E-state index >= 15 is 0 Å². The Kier molecular flexibility index (Phi) is 7.27. The fourth-order valence-corrected chi connectivity index (χ4v) is 11.9. The Bertz CT molecular complexity index is 2380. The molecule has 0 bridgehead atoms. The first-order valence-corrected chi connectivity index (χ1v) is 19.3. The number of fused-ring (bicyclic) bond motifs is 6. The summed E-state index contributed by atoms with van der Waals surface area (Å²) in [4.78, 5) is 4.78. The molecule has 224 valence electrons. The van der Waals surface area contributed by atoms with Gasteiger partial charge in [0.25, 0.3) is 0 Å². The molecule has 7 aromatic carbocycles. The number of nitrogens with zero attached hydrogens (tertiary/aromatic N) is 2. The first-order chi connectivity index (χ1) is 23.2. The molecule has 0 saturated heterocycles. The summed E-state index contributed by atoms with van der Waals surface area (Å²) >= 11 is 7.50. The fourth-order valence-electron chi connectivity index (χ4n) is 6.64. The van der Waals surface area contributed by atoms with Gasteiger partial charge in [-0.15, -0.1) is 0 Å². The molecule has 0 N–H and O–H groups in total. The van der Waals surface area contributed by atoms with Crippen LogP contribution in [0.4, 0.5) is 34.1 Å².